The molecule has 2 aromatic carbocycles. The van der Waals surface area contributed by atoms with Crippen molar-refractivity contribution in [3.8, 4) is 0 Å². The number of hydrogen-bond donors (Lipinski definition) is 0. The van der Waals surface area contributed by atoms with Crippen molar-refractivity contribution in [3.63, 3.8) is 0 Å². The third-order valence-corrected chi connectivity index (χ3v) is 8.19. The Labute approximate surface area is 190 Å². The quantitative estimate of drug-likeness (QED) is 0.389. The molecule has 1 aliphatic rings. The van der Waals surface area contributed by atoms with Crippen LogP contribution >= 0.6 is 11.8 Å². The zero-order chi connectivity index (χ0) is 22.7. The van der Waals surface area contributed by atoms with Gasteiger partial charge in [0.05, 0.1) is 16.8 Å². The van der Waals surface area contributed by atoms with Gasteiger partial charge >= 0.3 is 0 Å². The molecule has 1 aromatic heterocycles. The van der Waals surface area contributed by atoms with Crippen molar-refractivity contribution in [2.75, 3.05) is 31.9 Å². The van der Waals surface area contributed by atoms with Crippen molar-refractivity contribution in [1.82, 2.24) is 18.8 Å². The van der Waals surface area contributed by atoms with Gasteiger partial charge in [0.15, 0.2) is 5.16 Å². The van der Waals surface area contributed by atoms with E-state index in [4.69, 9.17) is 0 Å². The van der Waals surface area contributed by atoms with E-state index in [0.717, 1.165) is 22.3 Å². The zero-order valence-electron chi connectivity index (χ0n) is 17.4. The van der Waals surface area contributed by atoms with E-state index < -0.39 is 15.8 Å². The summed E-state index contributed by atoms with van der Waals surface area (Å²) in [5.74, 6) is -0.666. The molecule has 1 aliphatic heterocycles. The SMILES string of the molecule is C=CCn1c(SCC(=O)N2CCN(S(=O)(=O)c3ccccc3F)CC2)nc2ccccc21. The smallest absolute Gasteiger partial charge is 0.246 e. The maximum Gasteiger partial charge on any atom is 0.246 e. The number of benzene rings is 2. The van der Waals surface area contributed by atoms with Gasteiger partial charge in [-0.2, -0.15) is 4.31 Å². The molecule has 0 N–H and O–H groups in total. The molecule has 32 heavy (non-hydrogen) atoms. The van der Waals surface area contributed by atoms with Gasteiger partial charge in [0, 0.05) is 32.7 Å². The van der Waals surface area contributed by atoms with Crippen LogP contribution in [0.2, 0.25) is 0 Å². The number of sulfonamides is 1. The van der Waals surface area contributed by atoms with E-state index in [1.807, 2.05) is 28.8 Å². The molecule has 0 saturated carbocycles. The number of fused-ring (bicyclic) bond motifs is 1. The van der Waals surface area contributed by atoms with Crippen molar-refractivity contribution in [3.05, 3.63) is 67.0 Å². The van der Waals surface area contributed by atoms with Crippen LogP contribution in [0.15, 0.2) is 71.2 Å². The minimum atomic E-state index is -3.93. The van der Waals surface area contributed by atoms with Crippen LogP contribution in [0.4, 0.5) is 4.39 Å². The molecule has 0 spiro atoms. The number of carbonyl (C=O) groups excluding carboxylic acids is 1. The lowest BCUT2D eigenvalue weighted by Crippen LogP contribution is -2.51. The highest BCUT2D eigenvalue weighted by molar-refractivity contribution is 7.99. The molecule has 1 saturated heterocycles. The van der Waals surface area contributed by atoms with Crippen molar-refractivity contribution in [1.29, 1.82) is 0 Å². The first-order valence-corrected chi connectivity index (χ1v) is 12.6. The minimum Gasteiger partial charge on any atom is -0.339 e. The Balaban J connectivity index is 1.38. The van der Waals surface area contributed by atoms with Gasteiger partial charge in [0.25, 0.3) is 0 Å². The third-order valence-electron chi connectivity index (χ3n) is 5.30. The maximum atomic E-state index is 14.0. The molecule has 0 bridgehead atoms. The Morgan fingerprint density at radius 3 is 2.50 bits per heavy atom. The number of amides is 1. The minimum absolute atomic E-state index is 0.0878. The number of rotatable bonds is 7. The Morgan fingerprint density at radius 2 is 1.78 bits per heavy atom. The lowest BCUT2D eigenvalue weighted by atomic mass is 10.3. The van der Waals surface area contributed by atoms with E-state index >= 15 is 0 Å². The molecular formula is C22H23FN4O3S2. The Kier molecular flexibility index (Phi) is 6.63. The summed E-state index contributed by atoms with van der Waals surface area (Å²) in [5.41, 5.74) is 1.84. The molecule has 0 radical (unpaired) electrons. The zero-order valence-corrected chi connectivity index (χ0v) is 19.0. The average molecular weight is 475 g/mol. The average Bonchev–Trinajstić information content (AvgIpc) is 3.15. The molecule has 0 atom stereocenters. The van der Waals surface area contributed by atoms with E-state index in [-0.39, 0.29) is 42.7 Å². The van der Waals surface area contributed by atoms with Crippen LogP contribution in [0.1, 0.15) is 0 Å². The monoisotopic (exact) mass is 474 g/mol. The molecule has 10 heteroatoms. The first-order valence-electron chi connectivity index (χ1n) is 10.1. The van der Waals surface area contributed by atoms with Gasteiger partial charge in [0.2, 0.25) is 15.9 Å². The fourth-order valence-corrected chi connectivity index (χ4v) is 6.07. The predicted molar refractivity (Wildman–Crippen MR) is 122 cm³/mol. The number of allylic oxidation sites excluding steroid dienone is 1. The van der Waals surface area contributed by atoms with E-state index in [1.165, 1.54) is 34.3 Å². The van der Waals surface area contributed by atoms with Crippen LogP contribution in [0.5, 0.6) is 0 Å². The van der Waals surface area contributed by atoms with E-state index in [0.29, 0.717) is 6.54 Å². The predicted octanol–water partition coefficient (Wildman–Crippen LogP) is 2.99. The molecule has 168 valence electrons. The summed E-state index contributed by atoms with van der Waals surface area (Å²) in [6.45, 7) is 5.16. The molecule has 3 aromatic rings. The van der Waals surface area contributed by atoms with Crippen LogP contribution in [-0.4, -0.2) is 65.0 Å². The van der Waals surface area contributed by atoms with Crippen LogP contribution < -0.4 is 0 Å². The summed E-state index contributed by atoms with van der Waals surface area (Å²) < 4.78 is 42.7. The Morgan fingerprint density at radius 1 is 1.09 bits per heavy atom. The fraction of sp³-hybridized carbons (Fsp3) is 0.273. The largest absolute Gasteiger partial charge is 0.339 e. The Bertz CT molecular complexity index is 1250. The number of thioether (sulfide) groups is 1. The number of imidazole rings is 1. The first-order chi connectivity index (χ1) is 15.4. The van der Waals surface area contributed by atoms with E-state index in [1.54, 1.807) is 11.0 Å². The molecule has 2 heterocycles. The number of piperazine rings is 1. The standard InChI is InChI=1S/C22H23FN4O3S2/c1-2-11-27-19-9-5-4-8-18(19)24-22(27)31-16-21(28)25-12-14-26(15-13-25)32(29,30)20-10-6-3-7-17(20)23/h2-10H,1,11-16H2. The highest BCUT2D eigenvalue weighted by Gasteiger charge is 2.31. The number of nitrogens with zero attached hydrogens (tertiary/aromatic N) is 4. The highest BCUT2D eigenvalue weighted by Crippen LogP contribution is 2.25. The second kappa shape index (κ2) is 9.43. The number of halogens is 1. The number of carbonyl (C=O) groups is 1. The van der Waals surface area contributed by atoms with Gasteiger partial charge in [-0.15, -0.1) is 6.58 Å². The maximum absolute atomic E-state index is 14.0. The molecular weight excluding hydrogens is 451 g/mol. The normalized spacial score (nSPS) is 15.2. The summed E-state index contributed by atoms with van der Waals surface area (Å²) in [4.78, 5) is 18.7. The second-order valence-corrected chi connectivity index (χ2v) is 10.1. The molecule has 1 amide bonds. The van der Waals surface area contributed by atoms with Gasteiger partial charge in [-0.05, 0) is 24.3 Å². The molecule has 4 rings (SSSR count). The summed E-state index contributed by atoms with van der Waals surface area (Å²) >= 11 is 1.35. The van der Waals surface area contributed by atoms with E-state index in [2.05, 4.69) is 11.6 Å². The van der Waals surface area contributed by atoms with Gasteiger partial charge < -0.3 is 9.47 Å². The van der Waals surface area contributed by atoms with Gasteiger partial charge in [0.1, 0.15) is 10.7 Å². The van der Waals surface area contributed by atoms with Gasteiger partial charge in [-0.3, -0.25) is 4.79 Å². The fourth-order valence-electron chi connectivity index (χ4n) is 3.66. The number of aromatic nitrogens is 2. The first kappa shape index (κ1) is 22.5. The van der Waals surface area contributed by atoms with Crippen LogP contribution in [0.3, 0.4) is 0 Å². The van der Waals surface area contributed by atoms with Crippen molar-refractivity contribution < 1.29 is 17.6 Å². The van der Waals surface area contributed by atoms with Gasteiger partial charge in [-0.25, -0.2) is 17.8 Å². The molecule has 0 unspecified atom stereocenters. The van der Waals surface area contributed by atoms with Crippen LogP contribution in [-0.2, 0) is 21.4 Å². The molecule has 1 fully saturated rings. The van der Waals surface area contributed by atoms with E-state index in [9.17, 15) is 17.6 Å². The third kappa shape index (κ3) is 4.43. The summed E-state index contributed by atoms with van der Waals surface area (Å²) in [6.07, 6.45) is 1.79. The Hall–Kier alpha value is -2.69. The lowest BCUT2D eigenvalue weighted by Gasteiger charge is -2.34. The lowest BCUT2D eigenvalue weighted by molar-refractivity contribution is -0.129. The number of hydrogen-bond acceptors (Lipinski definition) is 5. The van der Waals surface area contributed by atoms with Crippen molar-refractivity contribution >= 4 is 38.7 Å². The molecule has 0 aliphatic carbocycles. The van der Waals surface area contributed by atoms with Gasteiger partial charge in [-0.1, -0.05) is 42.1 Å². The molecule has 7 nitrogen and oxygen atoms in total. The summed E-state index contributed by atoms with van der Waals surface area (Å²) in [5, 5.41) is 0.736. The topological polar surface area (TPSA) is 75.5 Å². The summed E-state index contributed by atoms with van der Waals surface area (Å²) in [6, 6.07) is 13.1. The second-order valence-electron chi connectivity index (χ2n) is 7.29. The van der Waals surface area contributed by atoms with Crippen LogP contribution in [0, 0.1) is 5.82 Å². The summed E-state index contributed by atoms with van der Waals surface area (Å²) in [7, 11) is -3.93. The van der Waals surface area contributed by atoms with Crippen molar-refractivity contribution in [2.45, 2.75) is 16.6 Å². The van der Waals surface area contributed by atoms with Crippen LogP contribution in [0.25, 0.3) is 11.0 Å². The van der Waals surface area contributed by atoms with Crippen molar-refractivity contribution in [2.24, 2.45) is 0 Å². The number of para-hydroxylation sites is 2. The highest BCUT2D eigenvalue weighted by atomic mass is 32.2.